The quantitative estimate of drug-likeness (QED) is 0.587. The van der Waals surface area contributed by atoms with Gasteiger partial charge in [0.25, 0.3) is 0 Å². The average molecular weight is 371 g/mol. The van der Waals surface area contributed by atoms with E-state index in [0.717, 1.165) is 17.2 Å². The van der Waals surface area contributed by atoms with Crippen molar-refractivity contribution in [2.45, 2.75) is 19.3 Å². The summed E-state index contributed by atoms with van der Waals surface area (Å²) < 4.78 is 25.5. The fourth-order valence-corrected chi connectivity index (χ4v) is 2.65. The Morgan fingerprint density at radius 2 is 1.93 bits per heavy atom. The number of nitrogens with zero attached hydrogens (tertiary/aromatic N) is 2. The number of hydrogen-bond acceptors (Lipinski definition) is 4. The molecule has 1 N–H and O–H groups in total. The molecule has 0 saturated carbocycles. The van der Waals surface area contributed by atoms with E-state index in [-0.39, 0.29) is 11.7 Å². The number of benzene rings is 1. The van der Waals surface area contributed by atoms with E-state index in [4.69, 9.17) is 9.47 Å². The number of ether oxygens (including phenoxy) is 2. The molecule has 0 aliphatic heterocycles. The van der Waals surface area contributed by atoms with Crippen molar-refractivity contribution in [2.75, 3.05) is 20.3 Å². The van der Waals surface area contributed by atoms with E-state index in [0.29, 0.717) is 38.1 Å². The molecule has 0 aliphatic rings. The van der Waals surface area contributed by atoms with Crippen LogP contribution >= 0.6 is 0 Å². The van der Waals surface area contributed by atoms with Gasteiger partial charge in [-0.2, -0.15) is 0 Å². The predicted octanol–water partition coefficient (Wildman–Crippen LogP) is 3.00. The van der Waals surface area contributed by atoms with Gasteiger partial charge < -0.3 is 19.2 Å². The molecule has 2 aromatic heterocycles. The number of rotatable bonds is 9. The lowest BCUT2D eigenvalue weighted by Gasteiger charge is -2.07. The highest BCUT2D eigenvalue weighted by Crippen LogP contribution is 2.17. The van der Waals surface area contributed by atoms with Crippen LogP contribution in [0.1, 0.15) is 18.5 Å². The number of halogens is 1. The molecule has 0 bridgehead atoms. The van der Waals surface area contributed by atoms with Gasteiger partial charge in [-0.3, -0.25) is 4.79 Å². The maximum Gasteiger partial charge on any atom is 0.220 e. The fraction of sp³-hybridized carbons (Fsp3) is 0.300. The first-order valence-corrected chi connectivity index (χ1v) is 8.81. The maximum atomic E-state index is 13.2. The predicted molar refractivity (Wildman–Crippen MR) is 99.6 cm³/mol. The van der Waals surface area contributed by atoms with Gasteiger partial charge in [0.2, 0.25) is 5.91 Å². The molecule has 0 atom stereocenters. The van der Waals surface area contributed by atoms with Crippen LogP contribution in [0.2, 0.25) is 0 Å². The Hall–Kier alpha value is -3.09. The Morgan fingerprint density at radius 3 is 2.70 bits per heavy atom. The van der Waals surface area contributed by atoms with Crippen LogP contribution in [0.3, 0.4) is 0 Å². The van der Waals surface area contributed by atoms with E-state index in [1.54, 1.807) is 23.8 Å². The molecule has 0 aliphatic carbocycles. The summed E-state index contributed by atoms with van der Waals surface area (Å²) in [5.41, 5.74) is 1.50. The number of imidazole rings is 1. The second-order valence-corrected chi connectivity index (χ2v) is 6.07. The average Bonchev–Trinajstić information content (AvgIpc) is 3.07. The molecule has 1 amide bonds. The van der Waals surface area contributed by atoms with Crippen LogP contribution in [0.25, 0.3) is 5.65 Å². The molecule has 1 aromatic carbocycles. The van der Waals surface area contributed by atoms with Gasteiger partial charge in [0, 0.05) is 31.8 Å². The molecule has 0 fully saturated rings. The van der Waals surface area contributed by atoms with E-state index in [1.807, 2.05) is 24.3 Å². The number of aromatic nitrogens is 2. The molecule has 2 heterocycles. The lowest BCUT2D eigenvalue weighted by Crippen LogP contribution is -2.25. The molecule has 0 unspecified atom stereocenters. The highest BCUT2D eigenvalue weighted by atomic mass is 19.1. The molecule has 27 heavy (non-hydrogen) atoms. The van der Waals surface area contributed by atoms with Gasteiger partial charge in [-0.1, -0.05) is 0 Å². The summed E-state index contributed by atoms with van der Waals surface area (Å²) in [5.74, 6) is 1.19. The van der Waals surface area contributed by atoms with Crippen molar-refractivity contribution in [1.29, 1.82) is 0 Å². The van der Waals surface area contributed by atoms with Crippen molar-refractivity contribution < 1.29 is 18.7 Å². The second-order valence-electron chi connectivity index (χ2n) is 6.07. The van der Waals surface area contributed by atoms with Crippen molar-refractivity contribution in [3.63, 3.8) is 0 Å². The molecular formula is C20H22FN3O3. The number of pyridine rings is 1. The fourth-order valence-electron chi connectivity index (χ4n) is 2.65. The molecule has 3 aromatic rings. The van der Waals surface area contributed by atoms with Gasteiger partial charge >= 0.3 is 0 Å². The third kappa shape index (κ3) is 5.44. The maximum absolute atomic E-state index is 13.2. The monoisotopic (exact) mass is 371 g/mol. The Bertz CT molecular complexity index is 893. The molecule has 142 valence electrons. The molecule has 0 spiro atoms. The van der Waals surface area contributed by atoms with Crippen LogP contribution < -0.4 is 14.8 Å². The summed E-state index contributed by atoms with van der Waals surface area (Å²) in [6.07, 6.45) is 4.77. The smallest absolute Gasteiger partial charge is 0.220 e. The first-order chi connectivity index (χ1) is 13.1. The third-order valence-electron chi connectivity index (χ3n) is 4.04. The van der Waals surface area contributed by atoms with E-state index in [9.17, 15) is 9.18 Å². The van der Waals surface area contributed by atoms with Gasteiger partial charge in [0.15, 0.2) is 0 Å². The van der Waals surface area contributed by atoms with Crippen molar-refractivity contribution in [3.8, 4) is 11.5 Å². The van der Waals surface area contributed by atoms with E-state index in [2.05, 4.69) is 10.3 Å². The van der Waals surface area contributed by atoms with Gasteiger partial charge in [-0.05, 0) is 42.8 Å². The summed E-state index contributed by atoms with van der Waals surface area (Å²) >= 11 is 0. The highest BCUT2D eigenvalue weighted by Gasteiger charge is 2.05. The number of fused-ring (bicyclic) bond motifs is 1. The molecule has 3 rings (SSSR count). The second kappa shape index (κ2) is 9.02. The minimum absolute atomic E-state index is 0.0249. The van der Waals surface area contributed by atoms with Crippen LogP contribution in [0, 0.1) is 5.82 Å². The van der Waals surface area contributed by atoms with Crippen LogP contribution in [0.15, 0.2) is 48.8 Å². The van der Waals surface area contributed by atoms with Gasteiger partial charge in [0.1, 0.15) is 23.0 Å². The first kappa shape index (κ1) is 18.7. The van der Waals surface area contributed by atoms with E-state index < -0.39 is 0 Å². The van der Waals surface area contributed by atoms with Crippen molar-refractivity contribution in [3.05, 3.63) is 60.3 Å². The number of nitrogens with one attached hydrogen (secondary N) is 1. The zero-order chi connectivity index (χ0) is 19.1. The Kier molecular flexibility index (Phi) is 6.25. The van der Waals surface area contributed by atoms with Crippen molar-refractivity contribution in [2.24, 2.45) is 0 Å². The number of amides is 1. The largest absolute Gasteiger partial charge is 0.497 e. The summed E-state index contributed by atoms with van der Waals surface area (Å²) in [6.45, 7) is 0.961. The molecule has 0 radical (unpaired) electrons. The highest BCUT2D eigenvalue weighted by molar-refractivity contribution is 5.75. The van der Waals surface area contributed by atoms with Crippen LogP contribution in [-0.2, 0) is 11.2 Å². The Morgan fingerprint density at radius 1 is 1.15 bits per heavy atom. The lowest BCUT2D eigenvalue weighted by atomic mass is 10.3. The summed E-state index contributed by atoms with van der Waals surface area (Å²) in [5, 5.41) is 2.87. The minimum atomic E-state index is -0.309. The minimum Gasteiger partial charge on any atom is -0.497 e. The third-order valence-corrected chi connectivity index (χ3v) is 4.04. The first-order valence-electron chi connectivity index (χ1n) is 8.81. The molecule has 0 saturated heterocycles. The topological polar surface area (TPSA) is 64.9 Å². The number of carbonyl (C=O) groups excluding carboxylic acids is 1. The van der Waals surface area contributed by atoms with Crippen LogP contribution in [-0.4, -0.2) is 35.6 Å². The van der Waals surface area contributed by atoms with Crippen LogP contribution in [0.5, 0.6) is 11.5 Å². The summed E-state index contributed by atoms with van der Waals surface area (Å²) in [4.78, 5) is 16.3. The zero-order valence-corrected chi connectivity index (χ0v) is 15.2. The number of carbonyl (C=O) groups is 1. The van der Waals surface area contributed by atoms with E-state index >= 15 is 0 Å². The number of methoxy groups -OCH3 is 1. The molecular weight excluding hydrogens is 349 g/mol. The lowest BCUT2D eigenvalue weighted by molar-refractivity contribution is -0.121. The standard InChI is InChI=1S/C20H22FN3O3/c1-26-17-5-7-18(8-6-17)27-12-2-3-20(25)22-11-10-16-14-24-13-15(21)4-9-19(24)23-16/h4-9,13-14H,2-3,10-12H2,1H3,(H,22,25). The number of hydrogen-bond donors (Lipinski definition) is 1. The Labute approximate surface area is 156 Å². The zero-order valence-electron chi connectivity index (χ0n) is 15.2. The summed E-state index contributed by atoms with van der Waals surface area (Å²) in [7, 11) is 1.61. The molecule has 6 nitrogen and oxygen atoms in total. The van der Waals surface area contributed by atoms with Gasteiger partial charge in [-0.25, -0.2) is 9.37 Å². The van der Waals surface area contributed by atoms with Crippen LogP contribution in [0.4, 0.5) is 4.39 Å². The van der Waals surface area contributed by atoms with Gasteiger partial charge in [-0.15, -0.1) is 0 Å². The Balaban J connectivity index is 1.33. The summed E-state index contributed by atoms with van der Waals surface area (Å²) in [6, 6.07) is 10.3. The van der Waals surface area contributed by atoms with Crippen molar-refractivity contribution >= 4 is 11.6 Å². The van der Waals surface area contributed by atoms with E-state index in [1.165, 1.54) is 12.3 Å². The SMILES string of the molecule is COc1ccc(OCCCC(=O)NCCc2cn3cc(F)ccc3n2)cc1. The molecule has 7 heteroatoms. The van der Waals surface area contributed by atoms with Gasteiger partial charge in [0.05, 0.1) is 19.4 Å². The normalized spacial score (nSPS) is 10.7. The van der Waals surface area contributed by atoms with Crippen molar-refractivity contribution in [1.82, 2.24) is 14.7 Å².